The lowest BCUT2D eigenvalue weighted by molar-refractivity contribution is -0.537. The van der Waals surface area contributed by atoms with Gasteiger partial charge in [0.25, 0.3) is 0 Å². The Balaban J connectivity index is 1.89. The van der Waals surface area contributed by atoms with Crippen LogP contribution in [0.3, 0.4) is 0 Å². The third kappa shape index (κ3) is 1.70. The summed E-state index contributed by atoms with van der Waals surface area (Å²) in [4.78, 5) is 0. The lowest BCUT2D eigenvalue weighted by atomic mass is 9.93. The normalized spacial score (nSPS) is 12.3. The zero-order valence-corrected chi connectivity index (χ0v) is 15.7. The fourth-order valence-corrected chi connectivity index (χ4v) is 5.75. The highest BCUT2D eigenvalue weighted by Crippen LogP contribution is 2.48. The molecular weight excluding hydrogens is 362 g/mol. The molecule has 1 aromatic heterocycles. The minimum atomic E-state index is 0.936. The van der Waals surface area contributed by atoms with Gasteiger partial charge in [-0.05, 0) is 24.3 Å². The van der Waals surface area contributed by atoms with Crippen LogP contribution < -0.4 is 4.57 Å². The predicted octanol–water partition coefficient (Wildman–Crippen LogP) is 6.77. The van der Waals surface area contributed by atoms with E-state index in [-0.39, 0.29) is 0 Å². The third-order valence-corrected chi connectivity index (χ3v) is 6.80. The monoisotopic (exact) mass is 376 g/mol. The van der Waals surface area contributed by atoms with Gasteiger partial charge in [0.1, 0.15) is 11.2 Å². The number of hydrogen-bond donors (Lipinski definition) is 0. The first-order valence-corrected chi connectivity index (χ1v) is 10.2. The second kappa shape index (κ2) is 5.09. The van der Waals surface area contributed by atoms with Crippen molar-refractivity contribution >= 4 is 53.7 Å². The van der Waals surface area contributed by atoms with Crippen molar-refractivity contribution in [1.82, 2.24) is 0 Å². The highest BCUT2D eigenvalue weighted by molar-refractivity contribution is 7.24. The fourth-order valence-electron chi connectivity index (χ4n) is 4.61. The molecule has 0 unspecified atom stereocenters. The molecule has 0 aliphatic carbocycles. The molecule has 0 saturated heterocycles. The molecule has 0 amide bonds. The molecule has 5 aromatic rings. The number of para-hydroxylation sites is 1. The first-order valence-electron chi connectivity index (χ1n) is 9.38. The van der Waals surface area contributed by atoms with Crippen LogP contribution in [0.4, 0.5) is 0 Å². The van der Waals surface area contributed by atoms with E-state index in [4.69, 9.17) is 4.42 Å². The Morgan fingerprint density at radius 2 is 1.29 bits per heavy atom. The molecule has 2 aliphatic rings. The van der Waals surface area contributed by atoms with Crippen LogP contribution in [0.25, 0.3) is 59.2 Å². The molecule has 2 nitrogen and oxygen atoms in total. The van der Waals surface area contributed by atoms with E-state index in [1.807, 2.05) is 11.3 Å². The van der Waals surface area contributed by atoms with Gasteiger partial charge in [-0.15, -0.1) is 11.3 Å². The highest BCUT2D eigenvalue weighted by Gasteiger charge is 2.30. The lowest BCUT2D eigenvalue weighted by Crippen LogP contribution is -2.33. The zero-order valence-electron chi connectivity index (χ0n) is 14.8. The van der Waals surface area contributed by atoms with E-state index in [9.17, 15) is 0 Å². The molecule has 7 rings (SSSR count). The van der Waals surface area contributed by atoms with Gasteiger partial charge in [-0.25, -0.2) is 0 Å². The van der Waals surface area contributed by atoms with Crippen molar-refractivity contribution in [2.24, 2.45) is 0 Å². The van der Waals surface area contributed by atoms with Crippen LogP contribution in [0.1, 0.15) is 0 Å². The van der Waals surface area contributed by atoms with Gasteiger partial charge in [0.05, 0.1) is 10.8 Å². The summed E-state index contributed by atoms with van der Waals surface area (Å²) in [5.41, 5.74) is 8.02. The molecule has 4 aromatic carbocycles. The lowest BCUT2D eigenvalue weighted by Gasteiger charge is -2.19. The molecule has 0 fully saturated rings. The number of rotatable bonds is 1. The Labute approximate surface area is 164 Å². The van der Waals surface area contributed by atoms with Gasteiger partial charge in [-0.3, -0.25) is 0 Å². The summed E-state index contributed by atoms with van der Waals surface area (Å²) in [6, 6.07) is 30.0. The van der Waals surface area contributed by atoms with Gasteiger partial charge in [0.2, 0.25) is 16.7 Å². The molecule has 0 bridgehead atoms. The summed E-state index contributed by atoms with van der Waals surface area (Å²) in [6.07, 6.45) is 0. The number of benzene rings is 4. The van der Waals surface area contributed by atoms with Crippen molar-refractivity contribution in [1.29, 1.82) is 0 Å². The SMILES string of the molecule is c1ccc(-[n+]2c3cccc4oc5cccc6sc7cccc2c7c(c43)-c56)cc1. The fraction of sp³-hybridized carbons (Fsp3) is 0. The first-order chi connectivity index (χ1) is 13.9. The summed E-state index contributed by atoms with van der Waals surface area (Å²) in [6.45, 7) is 0. The van der Waals surface area contributed by atoms with Gasteiger partial charge in [-0.2, -0.15) is 4.57 Å². The van der Waals surface area contributed by atoms with E-state index in [1.165, 1.54) is 42.3 Å². The smallest absolute Gasteiger partial charge is 0.223 e. The van der Waals surface area contributed by atoms with Gasteiger partial charge in [0.15, 0.2) is 0 Å². The van der Waals surface area contributed by atoms with E-state index < -0.39 is 0 Å². The predicted molar refractivity (Wildman–Crippen MR) is 116 cm³/mol. The third-order valence-electron chi connectivity index (χ3n) is 5.68. The molecule has 28 heavy (non-hydrogen) atoms. The van der Waals surface area contributed by atoms with Crippen LogP contribution in [-0.4, -0.2) is 0 Å². The Hall–Kier alpha value is -3.43. The molecule has 130 valence electrons. The quantitative estimate of drug-likeness (QED) is 0.175. The standard InChI is InChI=1S/C25H14NOS/c1-2-7-15(8-3-1)26-16-9-4-11-18-22(16)25-23-17(26)10-5-13-20(23)28-21-14-6-12-19(27-18)24(21)25/h1-14H/q+1. The minimum absolute atomic E-state index is 0.936. The molecule has 3 heteroatoms. The number of hydrogen-bond acceptors (Lipinski definition) is 2. The molecule has 0 spiro atoms. The summed E-state index contributed by atoms with van der Waals surface area (Å²) in [7, 11) is 0. The summed E-state index contributed by atoms with van der Waals surface area (Å²) < 4.78 is 11.3. The second-order valence-electron chi connectivity index (χ2n) is 7.18. The largest absolute Gasteiger partial charge is 0.456 e. The van der Waals surface area contributed by atoms with E-state index in [0.29, 0.717) is 0 Å². The maximum absolute atomic E-state index is 6.37. The second-order valence-corrected chi connectivity index (χ2v) is 8.26. The maximum Gasteiger partial charge on any atom is 0.223 e. The number of nitrogens with zero attached hydrogens (tertiary/aromatic N) is 1. The molecule has 3 heterocycles. The van der Waals surface area contributed by atoms with Gasteiger partial charge < -0.3 is 4.42 Å². The Bertz CT molecular complexity index is 1510. The van der Waals surface area contributed by atoms with E-state index in [1.54, 1.807) is 0 Å². The van der Waals surface area contributed by atoms with Crippen LogP contribution in [0, 0.1) is 0 Å². The average molecular weight is 376 g/mol. The van der Waals surface area contributed by atoms with Crippen molar-refractivity contribution < 1.29 is 8.98 Å². The first kappa shape index (κ1) is 14.6. The number of aromatic nitrogens is 1. The van der Waals surface area contributed by atoms with Crippen molar-refractivity contribution in [3.63, 3.8) is 0 Å². The molecule has 0 saturated carbocycles. The van der Waals surface area contributed by atoms with Gasteiger partial charge in [-0.1, -0.05) is 36.4 Å². The summed E-state index contributed by atoms with van der Waals surface area (Å²) in [5.74, 6) is 0. The molecule has 2 aliphatic heterocycles. The Morgan fingerprint density at radius 3 is 2.18 bits per heavy atom. The molecule has 0 atom stereocenters. The van der Waals surface area contributed by atoms with Crippen molar-refractivity contribution in [3.8, 4) is 16.8 Å². The van der Waals surface area contributed by atoms with Gasteiger partial charge in [0, 0.05) is 44.8 Å². The topological polar surface area (TPSA) is 17.0 Å². The van der Waals surface area contributed by atoms with E-state index >= 15 is 0 Å². The number of pyridine rings is 1. The van der Waals surface area contributed by atoms with Crippen LogP contribution in [0.15, 0.2) is 89.3 Å². The van der Waals surface area contributed by atoms with Crippen LogP contribution >= 0.6 is 11.3 Å². The van der Waals surface area contributed by atoms with Crippen molar-refractivity contribution in [2.75, 3.05) is 0 Å². The Kier molecular flexibility index (Phi) is 2.65. The van der Waals surface area contributed by atoms with Crippen LogP contribution in [0.5, 0.6) is 0 Å². The minimum Gasteiger partial charge on any atom is -0.456 e. The average Bonchev–Trinajstić information content (AvgIpc) is 2.75. The van der Waals surface area contributed by atoms with Gasteiger partial charge >= 0.3 is 0 Å². The van der Waals surface area contributed by atoms with Crippen LogP contribution in [-0.2, 0) is 0 Å². The van der Waals surface area contributed by atoms with Crippen LogP contribution in [0.2, 0.25) is 0 Å². The van der Waals surface area contributed by atoms with E-state index in [0.717, 1.165) is 16.9 Å². The molecule has 0 N–H and O–H groups in total. The maximum atomic E-state index is 6.37. The van der Waals surface area contributed by atoms with Crippen molar-refractivity contribution in [3.05, 3.63) is 84.9 Å². The van der Waals surface area contributed by atoms with E-state index in [2.05, 4.69) is 89.5 Å². The van der Waals surface area contributed by atoms with Crippen molar-refractivity contribution in [2.45, 2.75) is 0 Å². The molecular formula is C25H14NOS+. The summed E-state index contributed by atoms with van der Waals surface area (Å²) in [5, 5.41) is 2.52. The molecule has 0 radical (unpaired) electrons. The highest BCUT2D eigenvalue weighted by atomic mass is 32.1. The Morgan fingerprint density at radius 1 is 0.571 bits per heavy atom. The zero-order chi connectivity index (χ0) is 18.2. The summed E-state index contributed by atoms with van der Waals surface area (Å²) >= 11 is 1.84.